The van der Waals surface area contributed by atoms with Crippen LogP contribution in [0, 0.1) is 6.92 Å². The molecule has 2 aromatic rings. The number of halogens is 2. The number of rotatable bonds is 6. The molecule has 4 heteroatoms. The molecular formula is C17H19Cl2NS. The summed E-state index contributed by atoms with van der Waals surface area (Å²) in [6, 6.07) is 14.4. The van der Waals surface area contributed by atoms with Gasteiger partial charge in [-0.1, -0.05) is 41.4 Å². The molecule has 2 rings (SSSR count). The minimum atomic E-state index is 0.352. The molecule has 0 amide bonds. The Bertz CT molecular complexity index is 601. The number of nitrogens with one attached hydrogen (secondary N) is 1. The zero-order valence-electron chi connectivity index (χ0n) is 12.2. The Hall–Kier alpha value is -0.670. The Morgan fingerprint density at radius 2 is 1.90 bits per heavy atom. The second-order valence-corrected chi connectivity index (χ2v) is 6.91. The number of likely N-dealkylation sites (N-methyl/N-ethyl adjacent to an activating group) is 1. The summed E-state index contributed by atoms with van der Waals surface area (Å²) >= 11 is 14.2. The minimum Gasteiger partial charge on any atom is -0.316 e. The molecule has 0 aliphatic carbocycles. The fourth-order valence-corrected chi connectivity index (χ4v) is 3.64. The molecule has 21 heavy (non-hydrogen) atoms. The lowest BCUT2D eigenvalue weighted by atomic mass is 10.1. The zero-order chi connectivity index (χ0) is 15.2. The molecule has 0 aliphatic rings. The first-order chi connectivity index (χ1) is 10.1. The van der Waals surface area contributed by atoms with E-state index < -0.39 is 0 Å². The van der Waals surface area contributed by atoms with Crippen LogP contribution >= 0.6 is 35.0 Å². The molecule has 0 radical (unpaired) electrons. The molecule has 1 atom stereocenters. The number of aryl methyl sites for hydroxylation is 1. The Labute approximate surface area is 141 Å². The van der Waals surface area contributed by atoms with Crippen molar-refractivity contribution in [1.82, 2.24) is 5.32 Å². The van der Waals surface area contributed by atoms with E-state index in [2.05, 4.69) is 36.5 Å². The van der Waals surface area contributed by atoms with Crippen molar-refractivity contribution in [3.8, 4) is 0 Å². The highest BCUT2D eigenvalue weighted by molar-refractivity contribution is 7.99. The van der Waals surface area contributed by atoms with Gasteiger partial charge in [-0.3, -0.25) is 0 Å². The zero-order valence-corrected chi connectivity index (χ0v) is 14.5. The van der Waals surface area contributed by atoms with Gasteiger partial charge in [0.2, 0.25) is 0 Å². The molecule has 0 bridgehead atoms. The van der Waals surface area contributed by atoms with Crippen LogP contribution in [-0.4, -0.2) is 18.8 Å². The Kier molecular flexibility index (Phi) is 6.43. The second-order valence-electron chi connectivity index (χ2n) is 5.00. The third kappa shape index (κ3) is 4.93. The Balaban J connectivity index is 2.00. The molecular weight excluding hydrogens is 321 g/mol. The normalized spacial score (nSPS) is 12.4. The van der Waals surface area contributed by atoms with E-state index in [1.165, 1.54) is 10.5 Å². The molecule has 2 aromatic carbocycles. The van der Waals surface area contributed by atoms with Crippen molar-refractivity contribution < 1.29 is 0 Å². The first-order valence-corrected chi connectivity index (χ1v) is 8.64. The molecule has 0 fully saturated rings. The van der Waals surface area contributed by atoms with Gasteiger partial charge >= 0.3 is 0 Å². The van der Waals surface area contributed by atoms with Gasteiger partial charge in [-0.15, -0.1) is 11.8 Å². The summed E-state index contributed by atoms with van der Waals surface area (Å²) < 4.78 is 0. The van der Waals surface area contributed by atoms with Crippen LogP contribution in [0.25, 0.3) is 0 Å². The van der Waals surface area contributed by atoms with Crippen molar-refractivity contribution in [3.05, 3.63) is 63.6 Å². The minimum absolute atomic E-state index is 0.352. The SMILES string of the molecule is CNC(CSc1ccccc1C)Cc1cc(Cl)ccc1Cl. The average molecular weight is 340 g/mol. The van der Waals surface area contributed by atoms with Gasteiger partial charge in [-0.25, -0.2) is 0 Å². The van der Waals surface area contributed by atoms with E-state index in [1.807, 2.05) is 37.0 Å². The quantitative estimate of drug-likeness (QED) is 0.723. The van der Waals surface area contributed by atoms with Crippen LogP contribution in [-0.2, 0) is 6.42 Å². The summed E-state index contributed by atoms with van der Waals surface area (Å²) in [5.41, 5.74) is 2.41. The third-order valence-corrected chi connectivity index (χ3v) is 5.36. The third-order valence-electron chi connectivity index (χ3n) is 3.42. The average Bonchev–Trinajstić information content (AvgIpc) is 2.48. The molecule has 112 valence electrons. The van der Waals surface area contributed by atoms with Gasteiger partial charge in [0.15, 0.2) is 0 Å². The van der Waals surface area contributed by atoms with Crippen LogP contribution in [0.3, 0.4) is 0 Å². The van der Waals surface area contributed by atoms with E-state index in [0.29, 0.717) is 6.04 Å². The van der Waals surface area contributed by atoms with Gasteiger partial charge < -0.3 is 5.32 Å². The summed E-state index contributed by atoms with van der Waals surface area (Å²) in [5, 5.41) is 4.87. The van der Waals surface area contributed by atoms with E-state index >= 15 is 0 Å². The van der Waals surface area contributed by atoms with Crippen molar-refractivity contribution >= 4 is 35.0 Å². The fraction of sp³-hybridized carbons (Fsp3) is 0.294. The highest BCUT2D eigenvalue weighted by atomic mass is 35.5. The lowest BCUT2D eigenvalue weighted by Gasteiger charge is -2.17. The number of thioether (sulfide) groups is 1. The van der Waals surface area contributed by atoms with Gasteiger partial charge in [0.25, 0.3) is 0 Å². The van der Waals surface area contributed by atoms with Crippen molar-refractivity contribution in [2.75, 3.05) is 12.8 Å². The van der Waals surface area contributed by atoms with E-state index in [9.17, 15) is 0 Å². The highest BCUT2D eigenvalue weighted by Crippen LogP contribution is 2.25. The maximum absolute atomic E-state index is 6.25. The standard InChI is InChI=1S/C17H19Cl2NS/c1-12-5-3-4-6-17(12)21-11-15(20-2)10-13-9-14(18)7-8-16(13)19/h3-9,15,20H,10-11H2,1-2H3. The van der Waals surface area contributed by atoms with Gasteiger partial charge in [-0.2, -0.15) is 0 Å². The molecule has 0 aromatic heterocycles. The van der Waals surface area contributed by atoms with Crippen molar-refractivity contribution in [2.45, 2.75) is 24.3 Å². The first-order valence-electron chi connectivity index (χ1n) is 6.89. The maximum atomic E-state index is 6.25. The summed E-state index contributed by atoms with van der Waals surface area (Å²) in [4.78, 5) is 1.33. The smallest absolute Gasteiger partial charge is 0.0439 e. The number of hydrogen-bond acceptors (Lipinski definition) is 2. The van der Waals surface area contributed by atoms with Crippen LogP contribution in [0.15, 0.2) is 47.4 Å². The molecule has 1 N–H and O–H groups in total. The molecule has 0 heterocycles. The van der Waals surface area contributed by atoms with Crippen molar-refractivity contribution in [2.24, 2.45) is 0 Å². The van der Waals surface area contributed by atoms with Crippen LogP contribution < -0.4 is 5.32 Å². The molecule has 1 unspecified atom stereocenters. The summed E-state index contributed by atoms with van der Waals surface area (Å²) in [6.07, 6.45) is 0.870. The molecule has 0 aliphatic heterocycles. The fourth-order valence-electron chi connectivity index (χ4n) is 2.12. The second kappa shape index (κ2) is 8.09. The van der Waals surface area contributed by atoms with Crippen LogP contribution in [0.5, 0.6) is 0 Å². The monoisotopic (exact) mass is 339 g/mol. The number of benzene rings is 2. The van der Waals surface area contributed by atoms with E-state index in [4.69, 9.17) is 23.2 Å². The van der Waals surface area contributed by atoms with Gasteiger partial charge in [0.1, 0.15) is 0 Å². The maximum Gasteiger partial charge on any atom is 0.0439 e. The largest absolute Gasteiger partial charge is 0.316 e. The van der Waals surface area contributed by atoms with Gasteiger partial charge in [0, 0.05) is 26.7 Å². The number of hydrogen-bond donors (Lipinski definition) is 1. The topological polar surface area (TPSA) is 12.0 Å². The Morgan fingerprint density at radius 3 is 2.62 bits per heavy atom. The molecule has 0 saturated carbocycles. The molecule has 0 saturated heterocycles. The van der Waals surface area contributed by atoms with Crippen LogP contribution in [0.1, 0.15) is 11.1 Å². The van der Waals surface area contributed by atoms with E-state index in [-0.39, 0.29) is 0 Å². The summed E-state index contributed by atoms with van der Waals surface area (Å²) in [7, 11) is 1.99. The van der Waals surface area contributed by atoms with E-state index in [1.54, 1.807) is 0 Å². The highest BCUT2D eigenvalue weighted by Gasteiger charge is 2.11. The van der Waals surface area contributed by atoms with Crippen LogP contribution in [0.4, 0.5) is 0 Å². The van der Waals surface area contributed by atoms with Crippen molar-refractivity contribution in [3.63, 3.8) is 0 Å². The summed E-state index contributed by atoms with van der Waals surface area (Å²) in [5.74, 6) is 0.990. The predicted octanol–water partition coefficient (Wildman–Crippen LogP) is 5.22. The van der Waals surface area contributed by atoms with Crippen LogP contribution in [0.2, 0.25) is 10.0 Å². The first kappa shape index (κ1) is 16.7. The van der Waals surface area contributed by atoms with Gasteiger partial charge in [-0.05, 0) is 55.8 Å². The predicted molar refractivity (Wildman–Crippen MR) is 94.9 cm³/mol. The molecule has 0 spiro atoms. The van der Waals surface area contributed by atoms with Gasteiger partial charge in [0.05, 0.1) is 0 Å². The Morgan fingerprint density at radius 1 is 1.14 bits per heavy atom. The summed E-state index contributed by atoms with van der Waals surface area (Å²) in [6.45, 7) is 2.14. The van der Waals surface area contributed by atoms with Crippen molar-refractivity contribution in [1.29, 1.82) is 0 Å². The molecule has 1 nitrogen and oxygen atoms in total. The lowest BCUT2D eigenvalue weighted by molar-refractivity contribution is 0.617. The van der Waals surface area contributed by atoms with E-state index in [0.717, 1.165) is 27.8 Å². The lowest BCUT2D eigenvalue weighted by Crippen LogP contribution is -2.30.